The molecule has 0 saturated carbocycles. The Morgan fingerprint density at radius 1 is 0.615 bits per heavy atom. The lowest BCUT2D eigenvalue weighted by Crippen LogP contribution is -2.06. The van der Waals surface area contributed by atoms with Gasteiger partial charge in [-0.15, -0.1) is 0 Å². The van der Waals surface area contributed by atoms with Gasteiger partial charge in [-0.1, -0.05) is 103 Å². The number of hydrogen-bond acceptors (Lipinski definition) is 3. The first-order valence-corrected chi connectivity index (χ1v) is 11.7. The molecule has 0 aromatic heterocycles. The van der Waals surface area contributed by atoms with Gasteiger partial charge in [0.1, 0.15) is 0 Å². The van der Waals surface area contributed by atoms with Gasteiger partial charge < -0.3 is 10.5 Å². The molecule has 26 heavy (non-hydrogen) atoms. The van der Waals surface area contributed by atoms with Crippen molar-refractivity contribution in [3.8, 4) is 0 Å². The Hall–Kier alpha value is -0.570. The summed E-state index contributed by atoms with van der Waals surface area (Å²) < 4.78 is 5.27. The van der Waals surface area contributed by atoms with Crippen LogP contribution in [0.4, 0.5) is 0 Å². The number of unbranched alkanes of at least 4 members (excludes halogenated alkanes) is 16. The largest absolute Gasteiger partial charge is 0.466 e. The first kappa shape index (κ1) is 25.4. The number of esters is 1. The first-order chi connectivity index (χ1) is 12.8. The molecule has 0 bridgehead atoms. The fourth-order valence-electron chi connectivity index (χ4n) is 3.32. The van der Waals surface area contributed by atoms with Crippen molar-refractivity contribution in [2.24, 2.45) is 5.73 Å². The van der Waals surface area contributed by atoms with E-state index in [1.165, 1.54) is 89.9 Å². The predicted octanol–water partition coefficient (Wildman–Crippen LogP) is 6.92. The number of carbonyl (C=O) groups excluding carboxylic acids is 1. The van der Waals surface area contributed by atoms with Crippen LogP contribution in [0.2, 0.25) is 0 Å². The van der Waals surface area contributed by atoms with Crippen LogP contribution >= 0.6 is 0 Å². The number of carbonyl (C=O) groups is 1. The van der Waals surface area contributed by atoms with Crippen molar-refractivity contribution in [3.05, 3.63) is 0 Å². The van der Waals surface area contributed by atoms with Crippen LogP contribution in [0.3, 0.4) is 0 Å². The molecule has 0 amide bonds. The molecule has 0 aliphatic carbocycles. The summed E-state index contributed by atoms with van der Waals surface area (Å²) in [6.07, 6.45) is 23.9. The van der Waals surface area contributed by atoms with Crippen LogP contribution in [0, 0.1) is 0 Å². The summed E-state index contributed by atoms with van der Waals surface area (Å²) in [6, 6.07) is 0. The van der Waals surface area contributed by atoms with Gasteiger partial charge >= 0.3 is 5.97 Å². The van der Waals surface area contributed by atoms with Crippen LogP contribution in [0.5, 0.6) is 0 Å². The van der Waals surface area contributed by atoms with Crippen molar-refractivity contribution >= 4 is 5.97 Å². The minimum absolute atomic E-state index is 0.0348. The molecule has 0 heterocycles. The maximum atomic E-state index is 11.5. The number of hydrogen-bond donors (Lipinski definition) is 1. The van der Waals surface area contributed by atoms with Gasteiger partial charge in [-0.25, -0.2) is 0 Å². The first-order valence-electron chi connectivity index (χ1n) is 11.7. The molecule has 0 aliphatic heterocycles. The number of nitrogens with two attached hydrogens (primary N) is 1. The molecular weight excluding hydrogens is 322 g/mol. The maximum absolute atomic E-state index is 11.5. The molecule has 3 heteroatoms. The lowest BCUT2D eigenvalue weighted by atomic mass is 10.0. The van der Waals surface area contributed by atoms with Gasteiger partial charge in [0, 0.05) is 6.42 Å². The van der Waals surface area contributed by atoms with Gasteiger partial charge in [0.2, 0.25) is 0 Å². The molecule has 0 rings (SSSR count). The van der Waals surface area contributed by atoms with Gasteiger partial charge in [0.05, 0.1) is 6.61 Å². The van der Waals surface area contributed by atoms with E-state index in [0.717, 1.165) is 25.7 Å². The second-order valence-electron chi connectivity index (χ2n) is 7.77. The average Bonchev–Trinajstić information content (AvgIpc) is 2.65. The Labute approximate surface area is 163 Å². The third kappa shape index (κ3) is 21.5. The zero-order chi connectivity index (χ0) is 19.1. The quantitative estimate of drug-likeness (QED) is 0.176. The van der Waals surface area contributed by atoms with Crippen molar-refractivity contribution in [3.63, 3.8) is 0 Å². The van der Waals surface area contributed by atoms with Crippen molar-refractivity contribution in [2.75, 3.05) is 13.2 Å². The van der Waals surface area contributed by atoms with Crippen LogP contribution in [0.25, 0.3) is 0 Å². The van der Waals surface area contributed by atoms with E-state index in [1.54, 1.807) is 0 Å². The molecule has 0 aromatic carbocycles. The number of ether oxygens (including phenoxy) is 1. The highest BCUT2D eigenvalue weighted by Gasteiger charge is 2.02. The molecule has 0 radical (unpaired) electrons. The van der Waals surface area contributed by atoms with E-state index < -0.39 is 0 Å². The van der Waals surface area contributed by atoms with Gasteiger partial charge in [0.15, 0.2) is 0 Å². The van der Waals surface area contributed by atoms with E-state index in [0.29, 0.717) is 19.6 Å². The standard InChI is InChI=1S/C23H47NO2/c1-2-3-4-5-6-7-8-9-10-11-12-13-14-15-19-22-26-23(25)20-17-16-18-21-24/h2-22,24H2,1H3. The van der Waals surface area contributed by atoms with E-state index in [-0.39, 0.29) is 5.97 Å². The van der Waals surface area contributed by atoms with Crippen molar-refractivity contribution in [1.29, 1.82) is 0 Å². The summed E-state index contributed by atoms with van der Waals surface area (Å²) in [5.74, 6) is -0.0348. The highest BCUT2D eigenvalue weighted by atomic mass is 16.5. The number of rotatable bonds is 21. The fraction of sp³-hybridized carbons (Fsp3) is 0.957. The van der Waals surface area contributed by atoms with Crippen molar-refractivity contribution in [2.45, 2.75) is 129 Å². The van der Waals surface area contributed by atoms with E-state index in [4.69, 9.17) is 10.5 Å². The molecule has 156 valence electrons. The summed E-state index contributed by atoms with van der Waals surface area (Å²) in [4.78, 5) is 11.5. The minimum Gasteiger partial charge on any atom is -0.466 e. The lowest BCUT2D eigenvalue weighted by molar-refractivity contribution is -0.143. The van der Waals surface area contributed by atoms with Crippen molar-refractivity contribution in [1.82, 2.24) is 0 Å². The van der Waals surface area contributed by atoms with Gasteiger partial charge in [0.25, 0.3) is 0 Å². The van der Waals surface area contributed by atoms with E-state index in [9.17, 15) is 4.79 Å². The fourth-order valence-corrected chi connectivity index (χ4v) is 3.32. The van der Waals surface area contributed by atoms with Gasteiger partial charge in [-0.3, -0.25) is 4.79 Å². The Morgan fingerprint density at radius 2 is 1.04 bits per heavy atom. The topological polar surface area (TPSA) is 52.3 Å². The predicted molar refractivity (Wildman–Crippen MR) is 113 cm³/mol. The summed E-state index contributed by atoms with van der Waals surface area (Å²) in [6.45, 7) is 3.60. The van der Waals surface area contributed by atoms with Crippen molar-refractivity contribution < 1.29 is 9.53 Å². The molecular formula is C23H47NO2. The molecule has 2 N–H and O–H groups in total. The molecule has 0 aliphatic rings. The molecule has 0 aromatic rings. The Bertz CT molecular complexity index is 281. The lowest BCUT2D eigenvalue weighted by Gasteiger charge is -2.05. The van der Waals surface area contributed by atoms with Crippen LogP contribution in [-0.4, -0.2) is 19.1 Å². The summed E-state index contributed by atoms with van der Waals surface area (Å²) in [7, 11) is 0. The zero-order valence-corrected chi connectivity index (χ0v) is 17.7. The Morgan fingerprint density at radius 3 is 1.50 bits per heavy atom. The van der Waals surface area contributed by atoms with E-state index >= 15 is 0 Å². The van der Waals surface area contributed by atoms with Gasteiger partial charge in [-0.05, 0) is 25.8 Å². The third-order valence-electron chi connectivity index (χ3n) is 5.10. The summed E-state index contributed by atoms with van der Waals surface area (Å²) in [5.41, 5.74) is 5.43. The zero-order valence-electron chi connectivity index (χ0n) is 17.7. The molecule has 0 spiro atoms. The molecule has 0 atom stereocenters. The third-order valence-corrected chi connectivity index (χ3v) is 5.10. The SMILES string of the molecule is CCCCCCCCCCCCCCCCCOC(=O)CCCCCN. The normalized spacial score (nSPS) is 11.0. The average molecular weight is 370 g/mol. The monoisotopic (exact) mass is 369 g/mol. The smallest absolute Gasteiger partial charge is 0.305 e. The second kappa shape index (κ2) is 22.5. The molecule has 0 fully saturated rings. The van der Waals surface area contributed by atoms with Crippen LogP contribution in [0.1, 0.15) is 129 Å². The second-order valence-corrected chi connectivity index (χ2v) is 7.77. The molecule has 0 unspecified atom stereocenters. The summed E-state index contributed by atoms with van der Waals surface area (Å²) in [5, 5.41) is 0. The Kier molecular flexibility index (Phi) is 22.0. The summed E-state index contributed by atoms with van der Waals surface area (Å²) >= 11 is 0. The van der Waals surface area contributed by atoms with Crippen LogP contribution in [-0.2, 0) is 9.53 Å². The molecule has 3 nitrogen and oxygen atoms in total. The van der Waals surface area contributed by atoms with Crippen LogP contribution < -0.4 is 5.73 Å². The highest BCUT2D eigenvalue weighted by molar-refractivity contribution is 5.69. The highest BCUT2D eigenvalue weighted by Crippen LogP contribution is 2.13. The van der Waals surface area contributed by atoms with E-state index in [2.05, 4.69) is 6.92 Å². The molecule has 0 saturated heterocycles. The van der Waals surface area contributed by atoms with E-state index in [1.807, 2.05) is 0 Å². The van der Waals surface area contributed by atoms with Gasteiger partial charge in [-0.2, -0.15) is 0 Å². The minimum atomic E-state index is -0.0348. The Balaban J connectivity index is 3.07. The van der Waals surface area contributed by atoms with Crippen LogP contribution in [0.15, 0.2) is 0 Å². The maximum Gasteiger partial charge on any atom is 0.305 e.